The third kappa shape index (κ3) is 7.32. The monoisotopic (exact) mass is 337 g/mol. The van der Waals surface area contributed by atoms with Gasteiger partial charge in [0.25, 0.3) is 10.2 Å². The molecule has 1 saturated heterocycles. The standard InChI is InChI=1S/C14H31N3O2S2/c1-4-8-15-12-14-5-9-17(10-6-14)21(18,19)16-13(2)7-11-20-3/h13-16H,4-12H2,1-3H3. The topological polar surface area (TPSA) is 61.4 Å². The highest BCUT2D eigenvalue weighted by Gasteiger charge is 2.28. The number of thioether (sulfide) groups is 1. The van der Waals surface area contributed by atoms with E-state index in [-0.39, 0.29) is 6.04 Å². The molecule has 7 heteroatoms. The van der Waals surface area contributed by atoms with Crippen LogP contribution < -0.4 is 10.0 Å². The lowest BCUT2D eigenvalue weighted by Gasteiger charge is -2.32. The molecule has 0 aromatic rings. The zero-order valence-corrected chi connectivity index (χ0v) is 15.2. The van der Waals surface area contributed by atoms with Gasteiger partial charge in [0, 0.05) is 19.1 Å². The number of piperidine rings is 1. The maximum atomic E-state index is 12.3. The zero-order chi connectivity index (χ0) is 15.7. The van der Waals surface area contributed by atoms with E-state index in [2.05, 4.69) is 17.0 Å². The Morgan fingerprint density at radius 2 is 2.00 bits per heavy atom. The van der Waals surface area contributed by atoms with E-state index in [1.807, 2.05) is 13.2 Å². The van der Waals surface area contributed by atoms with Crippen LogP contribution >= 0.6 is 11.8 Å². The van der Waals surface area contributed by atoms with Crippen molar-refractivity contribution in [1.82, 2.24) is 14.3 Å². The molecule has 0 aromatic heterocycles. The first-order chi connectivity index (χ1) is 9.99. The Bertz CT molecular complexity index is 368. The molecule has 0 radical (unpaired) electrons. The molecule has 1 fully saturated rings. The van der Waals surface area contributed by atoms with Gasteiger partial charge in [-0.05, 0) is 63.6 Å². The van der Waals surface area contributed by atoms with Crippen molar-refractivity contribution in [3.05, 3.63) is 0 Å². The van der Waals surface area contributed by atoms with Crippen LogP contribution in [0.3, 0.4) is 0 Å². The molecule has 0 saturated carbocycles. The van der Waals surface area contributed by atoms with Gasteiger partial charge >= 0.3 is 0 Å². The van der Waals surface area contributed by atoms with E-state index in [1.165, 1.54) is 0 Å². The van der Waals surface area contributed by atoms with E-state index < -0.39 is 10.2 Å². The van der Waals surface area contributed by atoms with Crippen molar-refractivity contribution < 1.29 is 8.42 Å². The van der Waals surface area contributed by atoms with Crippen LogP contribution in [0.2, 0.25) is 0 Å². The largest absolute Gasteiger partial charge is 0.316 e. The molecule has 5 nitrogen and oxygen atoms in total. The van der Waals surface area contributed by atoms with E-state index in [4.69, 9.17) is 0 Å². The summed E-state index contributed by atoms with van der Waals surface area (Å²) in [5.74, 6) is 1.59. The Hall–Kier alpha value is 0.180. The van der Waals surface area contributed by atoms with E-state index >= 15 is 0 Å². The number of rotatable bonds is 10. The summed E-state index contributed by atoms with van der Waals surface area (Å²) >= 11 is 1.75. The van der Waals surface area contributed by atoms with Gasteiger partial charge < -0.3 is 5.32 Å². The van der Waals surface area contributed by atoms with Gasteiger partial charge in [-0.3, -0.25) is 0 Å². The molecule has 1 heterocycles. The maximum absolute atomic E-state index is 12.3. The highest BCUT2D eigenvalue weighted by atomic mass is 32.2. The number of hydrogen-bond donors (Lipinski definition) is 2. The lowest BCUT2D eigenvalue weighted by atomic mass is 9.98. The average molecular weight is 338 g/mol. The lowest BCUT2D eigenvalue weighted by Crippen LogP contribution is -2.48. The van der Waals surface area contributed by atoms with Crippen molar-refractivity contribution in [3.63, 3.8) is 0 Å². The lowest BCUT2D eigenvalue weighted by molar-refractivity contribution is 0.264. The van der Waals surface area contributed by atoms with Gasteiger partial charge in [-0.1, -0.05) is 6.92 Å². The predicted octanol–water partition coefficient (Wildman–Crippen LogP) is 1.67. The number of hydrogen-bond acceptors (Lipinski definition) is 4. The second kappa shape index (κ2) is 10.0. The van der Waals surface area contributed by atoms with Gasteiger partial charge in [-0.15, -0.1) is 0 Å². The second-order valence-corrected chi connectivity index (χ2v) is 8.54. The van der Waals surface area contributed by atoms with Crippen LogP contribution in [0.15, 0.2) is 0 Å². The summed E-state index contributed by atoms with van der Waals surface area (Å²) < 4.78 is 29.0. The Kier molecular flexibility index (Phi) is 9.20. The van der Waals surface area contributed by atoms with Crippen molar-refractivity contribution in [1.29, 1.82) is 0 Å². The van der Waals surface area contributed by atoms with E-state index in [9.17, 15) is 8.42 Å². The average Bonchev–Trinajstić information content (AvgIpc) is 2.45. The normalized spacial score (nSPS) is 19.8. The molecule has 126 valence electrons. The first-order valence-electron chi connectivity index (χ1n) is 7.96. The third-order valence-corrected chi connectivity index (χ3v) is 6.27. The van der Waals surface area contributed by atoms with Crippen LogP contribution in [0.5, 0.6) is 0 Å². The van der Waals surface area contributed by atoms with Crippen molar-refractivity contribution in [2.75, 3.05) is 38.2 Å². The highest BCUT2D eigenvalue weighted by molar-refractivity contribution is 7.98. The molecule has 0 spiro atoms. The van der Waals surface area contributed by atoms with Crippen LogP contribution in [0.1, 0.15) is 39.5 Å². The molecule has 1 unspecified atom stereocenters. The molecule has 2 N–H and O–H groups in total. The first kappa shape index (κ1) is 19.2. The van der Waals surface area contributed by atoms with Gasteiger partial charge in [0.05, 0.1) is 0 Å². The molecule has 0 bridgehead atoms. The smallest absolute Gasteiger partial charge is 0.279 e. The minimum absolute atomic E-state index is 0.00592. The van der Waals surface area contributed by atoms with Crippen LogP contribution in [-0.2, 0) is 10.2 Å². The highest BCUT2D eigenvalue weighted by Crippen LogP contribution is 2.18. The van der Waals surface area contributed by atoms with Gasteiger partial charge in [0.15, 0.2) is 0 Å². The van der Waals surface area contributed by atoms with E-state index in [0.29, 0.717) is 19.0 Å². The molecule has 1 atom stereocenters. The van der Waals surface area contributed by atoms with Gasteiger partial charge in [-0.2, -0.15) is 29.2 Å². The third-order valence-electron chi connectivity index (χ3n) is 3.88. The quantitative estimate of drug-likeness (QED) is 0.595. The fourth-order valence-corrected chi connectivity index (χ4v) is 4.58. The van der Waals surface area contributed by atoms with Crippen molar-refractivity contribution in [3.8, 4) is 0 Å². The molecule has 0 aliphatic carbocycles. The summed E-state index contributed by atoms with van der Waals surface area (Å²) in [4.78, 5) is 0. The molecule has 1 aliphatic heterocycles. The Balaban J connectivity index is 2.34. The van der Waals surface area contributed by atoms with Crippen LogP contribution in [-0.4, -0.2) is 57.0 Å². The minimum atomic E-state index is -3.31. The van der Waals surface area contributed by atoms with Crippen LogP contribution in [0.4, 0.5) is 0 Å². The molecular formula is C14H31N3O2S2. The Labute approximate surface area is 134 Å². The minimum Gasteiger partial charge on any atom is -0.316 e. The second-order valence-electron chi connectivity index (χ2n) is 5.85. The van der Waals surface area contributed by atoms with Crippen molar-refractivity contribution in [2.24, 2.45) is 5.92 Å². The van der Waals surface area contributed by atoms with Crippen LogP contribution in [0.25, 0.3) is 0 Å². The van der Waals surface area contributed by atoms with E-state index in [1.54, 1.807) is 16.1 Å². The fourth-order valence-electron chi connectivity index (χ4n) is 2.52. The summed E-state index contributed by atoms with van der Waals surface area (Å²) in [6, 6.07) is 0.00592. The molecule has 0 aromatic carbocycles. The van der Waals surface area contributed by atoms with Crippen molar-refractivity contribution in [2.45, 2.75) is 45.6 Å². The van der Waals surface area contributed by atoms with E-state index in [0.717, 1.165) is 44.5 Å². The van der Waals surface area contributed by atoms with Gasteiger partial charge in [-0.25, -0.2) is 0 Å². The number of nitrogens with one attached hydrogen (secondary N) is 2. The molecular weight excluding hydrogens is 306 g/mol. The maximum Gasteiger partial charge on any atom is 0.279 e. The summed E-state index contributed by atoms with van der Waals surface area (Å²) in [6.45, 7) is 7.44. The van der Waals surface area contributed by atoms with Crippen molar-refractivity contribution >= 4 is 22.0 Å². The summed E-state index contributed by atoms with van der Waals surface area (Å²) in [5.41, 5.74) is 0. The molecule has 0 amide bonds. The summed E-state index contributed by atoms with van der Waals surface area (Å²) in [5, 5.41) is 3.43. The SMILES string of the molecule is CCCNCC1CCN(S(=O)(=O)NC(C)CCSC)CC1. The molecule has 1 rings (SSSR count). The summed E-state index contributed by atoms with van der Waals surface area (Å²) in [6.07, 6.45) is 5.97. The Morgan fingerprint density at radius 3 is 2.57 bits per heavy atom. The summed E-state index contributed by atoms with van der Waals surface area (Å²) in [7, 11) is -3.31. The molecule has 21 heavy (non-hydrogen) atoms. The molecule has 1 aliphatic rings. The van der Waals surface area contributed by atoms with Crippen LogP contribution in [0, 0.1) is 5.92 Å². The fraction of sp³-hybridized carbons (Fsp3) is 1.00. The predicted molar refractivity (Wildman–Crippen MR) is 92.0 cm³/mol. The number of nitrogens with zero attached hydrogens (tertiary/aromatic N) is 1. The van der Waals surface area contributed by atoms with Gasteiger partial charge in [0.1, 0.15) is 0 Å². The zero-order valence-electron chi connectivity index (χ0n) is 13.6. The Morgan fingerprint density at radius 1 is 1.33 bits per heavy atom. The van der Waals surface area contributed by atoms with Gasteiger partial charge in [0.2, 0.25) is 0 Å². The first-order valence-corrected chi connectivity index (χ1v) is 10.8.